The van der Waals surface area contributed by atoms with Crippen molar-refractivity contribution in [2.24, 2.45) is 10.2 Å². The average molecular weight is 690 g/mol. The van der Waals surface area contributed by atoms with E-state index in [1.54, 1.807) is 63.2 Å². The van der Waals surface area contributed by atoms with Gasteiger partial charge < -0.3 is 20.5 Å². The van der Waals surface area contributed by atoms with Gasteiger partial charge in [-0.1, -0.05) is 32.0 Å². The summed E-state index contributed by atoms with van der Waals surface area (Å²) in [6, 6.07) is 25.3. The van der Waals surface area contributed by atoms with Gasteiger partial charge in [-0.05, 0) is 84.6 Å². The number of fused-ring (bicyclic) bond motifs is 1. The number of hydrogen-bond donors (Lipinski definition) is 4. The van der Waals surface area contributed by atoms with Gasteiger partial charge in [0.25, 0.3) is 10.1 Å². The summed E-state index contributed by atoms with van der Waals surface area (Å²) in [6.07, 6.45) is 0. The van der Waals surface area contributed by atoms with Gasteiger partial charge in [0.1, 0.15) is 22.0 Å². The summed E-state index contributed by atoms with van der Waals surface area (Å²) in [5.41, 5.74) is 3.22. The number of phenolic OH excluding ortho intramolecular Hbond substituents is 1. The molecule has 5 aromatic carbocycles. The van der Waals surface area contributed by atoms with Gasteiger partial charge in [-0.3, -0.25) is 4.55 Å². The molecule has 0 aromatic heterocycles. The van der Waals surface area contributed by atoms with Crippen molar-refractivity contribution in [1.29, 1.82) is 0 Å². The molecule has 250 valence electrons. The normalized spacial score (nSPS) is 12.1. The van der Waals surface area contributed by atoms with E-state index in [2.05, 4.69) is 20.9 Å². The number of benzene rings is 5. The largest absolute Gasteiger partial charge is 0.505 e. The topological polar surface area (TPSA) is 170 Å². The Morgan fingerprint density at radius 3 is 2.06 bits per heavy atom. The summed E-state index contributed by atoms with van der Waals surface area (Å²) < 4.78 is 67.5. The Bertz CT molecular complexity index is 2210. The van der Waals surface area contributed by atoms with Crippen molar-refractivity contribution in [2.45, 2.75) is 30.6 Å². The van der Waals surface area contributed by atoms with Gasteiger partial charge in [0.15, 0.2) is 5.75 Å². The number of phenols is 1. The first-order valence-electron chi connectivity index (χ1n) is 14.9. The van der Waals surface area contributed by atoms with Crippen LogP contribution in [0.25, 0.3) is 10.8 Å². The molecule has 0 spiro atoms. The van der Waals surface area contributed by atoms with Crippen LogP contribution in [0.5, 0.6) is 11.5 Å². The van der Waals surface area contributed by atoms with Crippen molar-refractivity contribution in [2.75, 3.05) is 30.8 Å². The van der Waals surface area contributed by atoms with Gasteiger partial charge >= 0.3 is 0 Å². The van der Waals surface area contributed by atoms with Gasteiger partial charge in [-0.2, -0.15) is 12.7 Å². The second-order valence-electron chi connectivity index (χ2n) is 10.8. The fraction of sp³-hybridized carbons (Fsp3) is 0.176. The van der Waals surface area contributed by atoms with Crippen LogP contribution < -0.4 is 15.4 Å². The molecular formula is C34H35N5O7S2. The highest BCUT2D eigenvalue weighted by molar-refractivity contribution is 7.89. The first kappa shape index (κ1) is 34.3. The fourth-order valence-corrected chi connectivity index (χ4v) is 7.26. The number of nitrogens with zero attached hydrogens (tertiary/aromatic N) is 3. The fourth-order valence-electron chi connectivity index (χ4n) is 5.14. The van der Waals surface area contributed by atoms with Crippen molar-refractivity contribution in [1.82, 2.24) is 4.31 Å². The lowest BCUT2D eigenvalue weighted by Crippen LogP contribution is -2.30. The molecule has 0 saturated carbocycles. The molecule has 0 radical (unpaired) electrons. The lowest BCUT2D eigenvalue weighted by Gasteiger charge is -2.19. The number of methoxy groups -OCH3 is 1. The second kappa shape index (κ2) is 14.0. The Morgan fingerprint density at radius 2 is 1.44 bits per heavy atom. The molecule has 14 heteroatoms. The summed E-state index contributed by atoms with van der Waals surface area (Å²) in [5, 5.41) is 26.5. The molecule has 0 aliphatic heterocycles. The molecule has 0 amide bonds. The van der Waals surface area contributed by atoms with Crippen LogP contribution in [0, 0.1) is 6.92 Å². The smallest absolute Gasteiger partial charge is 0.296 e. The minimum atomic E-state index is -4.82. The number of hydrogen-bond acceptors (Lipinski definition) is 10. The third-order valence-electron chi connectivity index (χ3n) is 7.65. The Kier molecular flexibility index (Phi) is 10.0. The lowest BCUT2D eigenvalue weighted by atomic mass is 10.1. The molecule has 5 aromatic rings. The van der Waals surface area contributed by atoms with Crippen LogP contribution in [-0.2, 0) is 20.1 Å². The second-order valence-corrected chi connectivity index (χ2v) is 14.1. The van der Waals surface area contributed by atoms with Gasteiger partial charge in [0.2, 0.25) is 10.0 Å². The summed E-state index contributed by atoms with van der Waals surface area (Å²) in [7, 11) is -6.99. The molecule has 0 atom stereocenters. The highest BCUT2D eigenvalue weighted by Crippen LogP contribution is 2.43. The molecule has 5 rings (SSSR count). The van der Waals surface area contributed by atoms with Crippen LogP contribution in [0.2, 0.25) is 0 Å². The van der Waals surface area contributed by atoms with E-state index in [9.17, 15) is 26.5 Å². The van der Waals surface area contributed by atoms with Crippen LogP contribution in [0.1, 0.15) is 19.4 Å². The van der Waals surface area contributed by atoms with Gasteiger partial charge in [0, 0.05) is 47.3 Å². The highest BCUT2D eigenvalue weighted by atomic mass is 32.2. The van der Waals surface area contributed by atoms with Crippen LogP contribution in [0.15, 0.2) is 111 Å². The molecule has 0 saturated heterocycles. The van der Waals surface area contributed by atoms with E-state index in [-0.39, 0.29) is 16.3 Å². The quantitative estimate of drug-likeness (QED) is 0.0748. The number of aryl methyl sites for hydroxylation is 1. The maximum absolute atomic E-state index is 12.8. The molecule has 48 heavy (non-hydrogen) atoms. The molecule has 0 heterocycles. The molecule has 0 aliphatic rings. The predicted octanol–water partition coefficient (Wildman–Crippen LogP) is 8.04. The molecule has 0 aliphatic carbocycles. The zero-order valence-electron chi connectivity index (χ0n) is 26.7. The third kappa shape index (κ3) is 7.26. The third-order valence-corrected chi connectivity index (χ3v) is 10.6. The van der Waals surface area contributed by atoms with Gasteiger partial charge in [0.05, 0.1) is 12.0 Å². The summed E-state index contributed by atoms with van der Waals surface area (Å²) in [4.78, 5) is -0.430. The van der Waals surface area contributed by atoms with Crippen LogP contribution >= 0.6 is 0 Å². The molecular weight excluding hydrogens is 655 g/mol. The van der Waals surface area contributed by atoms with Crippen molar-refractivity contribution in [3.8, 4) is 11.5 Å². The average Bonchev–Trinajstić information content (AvgIpc) is 3.06. The van der Waals surface area contributed by atoms with E-state index >= 15 is 0 Å². The number of nitrogens with one attached hydrogen (secondary N) is 2. The number of rotatable bonds is 12. The summed E-state index contributed by atoms with van der Waals surface area (Å²) in [6.45, 7) is 6.11. The Morgan fingerprint density at radius 1 is 0.792 bits per heavy atom. The molecule has 0 fully saturated rings. The zero-order valence-corrected chi connectivity index (χ0v) is 28.3. The van der Waals surface area contributed by atoms with E-state index in [0.717, 1.165) is 5.69 Å². The van der Waals surface area contributed by atoms with Crippen LogP contribution in [-0.4, -0.2) is 51.0 Å². The molecule has 0 unspecified atom stereocenters. The monoisotopic (exact) mass is 689 g/mol. The van der Waals surface area contributed by atoms with Gasteiger partial charge in [-0.15, -0.1) is 10.2 Å². The van der Waals surface area contributed by atoms with E-state index in [1.165, 1.54) is 29.6 Å². The maximum Gasteiger partial charge on any atom is 0.296 e. The number of sulfonamides is 1. The van der Waals surface area contributed by atoms with E-state index in [0.29, 0.717) is 46.5 Å². The number of anilines is 4. The van der Waals surface area contributed by atoms with E-state index in [1.807, 2.05) is 30.3 Å². The summed E-state index contributed by atoms with van der Waals surface area (Å²) in [5.74, 6) is -0.200. The number of azo groups is 1. The Hall–Kier alpha value is -5.02. The van der Waals surface area contributed by atoms with E-state index in [4.69, 9.17) is 4.74 Å². The minimum Gasteiger partial charge on any atom is -0.505 e. The lowest BCUT2D eigenvalue weighted by molar-refractivity contribution is 0.416. The van der Waals surface area contributed by atoms with E-state index < -0.39 is 36.5 Å². The first-order valence-corrected chi connectivity index (χ1v) is 17.8. The maximum atomic E-state index is 12.8. The molecule has 4 N–H and O–H groups in total. The Balaban J connectivity index is 1.46. The van der Waals surface area contributed by atoms with Crippen LogP contribution in [0.3, 0.4) is 0 Å². The van der Waals surface area contributed by atoms with Crippen molar-refractivity contribution in [3.63, 3.8) is 0 Å². The predicted molar refractivity (Wildman–Crippen MR) is 187 cm³/mol. The molecule has 0 bridgehead atoms. The van der Waals surface area contributed by atoms with Gasteiger partial charge in [-0.25, -0.2) is 8.42 Å². The molecule has 12 nitrogen and oxygen atoms in total. The standard InChI is InChI=1S/C34H35N5O7S2/c1-5-39(6-2)47(41,42)27-15-12-25(13-16-27)36-29-21-31(46-4)30(18-22(29)3)37-38-33-32(48(43,44)45)20-23-19-26(14-17-28(23)34(33)40)35-24-10-8-7-9-11-24/h7-21,35-36,40H,5-6H2,1-4H3,(H,43,44,45). The Labute approximate surface area is 279 Å². The van der Waals surface area contributed by atoms with Crippen molar-refractivity contribution in [3.05, 3.63) is 96.6 Å². The van der Waals surface area contributed by atoms with Crippen molar-refractivity contribution >= 4 is 65.0 Å². The zero-order chi connectivity index (χ0) is 34.6. The SMILES string of the molecule is CCN(CC)S(=O)(=O)c1ccc(Nc2cc(OC)c(N=Nc3c(S(=O)(=O)O)cc4cc(Nc5ccccc5)ccc4c3O)cc2C)cc1. The number of aromatic hydroxyl groups is 1. The first-order chi connectivity index (χ1) is 22.8. The number of para-hydroxylation sites is 1. The van der Waals surface area contributed by atoms with Crippen LogP contribution in [0.4, 0.5) is 34.1 Å². The minimum absolute atomic E-state index is 0.187. The highest BCUT2D eigenvalue weighted by Gasteiger charge is 2.23. The van der Waals surface area contributed by atoms with Crippen molar-refractivity contribution < 1.29 is 31.2 Å². The number of ether oxygens (including phenoxy) is 1. The summed E-state index contributed by atoms with van der Waals surface area (Å²) >= 11 is 0.